The Morgan fingerprint density at radius 1 is 1.22 bits per heavy atom. The minimum Gasteiger partial charge on any atom is -0.365 e. The van der Waals surface area contributed by atoms with Gasteiger partial charge in [-0.3, -0.25) is 14.5 Å². The summed E-state index contributed by atoms with van der Waals surface area (Å²) in [5.74, 6) is -1.55. The molecule has 32 heavy (non-hydrogen) atoms. The molecule has 168 valence electrons. The van der Waals surface area contributed by atoms with Crippen LogP contribution in [0.3, 0.4) is 0 Å². The number of hydrogen-bond acceptors (Lipinski definition) is 7. The summed E-state index contributed by atoms with van der Waals surface area (Å²) in [5, 5.41) is 8.67. The van der Waals surface area contributed by atoms with Crippen molar-refractivity contribution in [3.63, 3.8) is 0 Å². The number of halogens is 3. The molecule has 2 amide bonds. The van der Waals surface area contributed by atoms with Gasteiger partial charge in [0.2, 0.25) is 5.91 Å². The Bertz CT molecular complexity index is 1120. The molecule has 0 saturated carbocycles. The standard InChI is InChI=1S/C20H20F3N7O2/c1-30-8-2-3-13(30)19(32)26-10-4-5-11-12(9-10)28-18(27-11)15(16(24)31)17-25-7-6-14(29-17)20(21,22)23/h4-7,9,13,27-28H,2-3,8H2,1H3,(H2,24,31)(H,26,32)/t13-/m0/s1. The SMILES string of the molecule is CN1CCC[C@H]1C(=O)Nc1ccc2c(c1)NC(=C(C(N)=O)c1nccc(C(F)(F)F)n1)N2. The number of nitrogens with zero attached hydrogens (tertiary/aromatic N) is 3. The fraction of sp³-hybridized carbons (Fsp3) is 0.300. The second-order valence-corrected chi connectivity index (χ2v) is 7.52. The molecule has 0 aliphatic carbocycles. The Morgan fingerprint density at radius 2 is 1.97 bits per heavy atom. The molecule has 0 bridgehead atoms. The third kappa shape index (κ3) is 4.21. The highest BCUT2D eigenvalue weighted by Gasteiger charge is 2.34. The second kappa shape index (κ2) is 8.11. The van der Waals surface area contributed by atoms with E-state index in [1.165, 1.54) is 0 Å². The molecule has 2 aromatic rings. The summed E-state index contributed by atoms with van der Waals surface area (Å²) in [6.45, 7) is 0.857. The monoisotopic (exact) mass is 447 g/mol. The summed E-state index contributed by atoms with van der Waals surface area (Å²) in [6.07, 6.45) is -2.07. The van der Waals surface area contributed by atoms with Crippen LogP contribution in [-0.2, 0) is 15.8 Å². The van der Waals surface area contributed by atoms with Crippen molar-refractivity contribution < 1.29 is 22.8 Å². The topological polar surface area (TPSA) is 125 Å². The first kappa shape index (κ1) is 21.6. The van der Waals surface area contributed by atoms with Crippen molar-refractivity contribution in [1.29, 1.82) is 0 Å². The average molecular weight is 447 g/mol. The third-order valence-electron chi connectivity index (χ3n) is 5.30. The Labute approximate surface area is 180 Å². The summed E-state index contributed by atoms with van der Waals surface area (Å²) in [5.41, 5.74) is 5.47. The van der Waals surface area contributed by atoms with Crippen LogP contribution in [0.4, 0.5) is 30.2 Å². The highest BCUT2D eigenvalue weighted by molar-refractivity contribution is 6.20. The molecule has 4 rings (SSSR count). The number of benzene rings is 1. The number of likely N-dealkylation sites (N-methyl/N-ethyl adjacent to an activating group) is 1. The van der Waals surface area contributed by atoms with Crippen molar-refractivity contribution in [2.24, 2.45) is 5.73 Å². The lowest BCUT2D eigenvalue weighted by molar-refractivity contribution is -0.141. The molecule has 9 nitrogen and oxygen atoms in total. The Hall–Kier alpha value is -3.67. The van der Waals surface area contributed by atoms with Gasteiger partial charge in [-0.25, -0.2) is 9.97 Å². The molecule has 12 heteroatoms. The normalized spacial score (nSPS) is 19.7. The Balaban J connectivity index is 1.60. The van der Waals surface area contributed by atoms with E-state index >= 15 is 0 Å². The predicted molar refractivity (Wildman–Crippen MR) is 111 cm³/mol. The van der Waals surface area contributed by atoms with E-state index in [4.69, 9.17) is 5.73 Å². The van der Waals surface area contributed by atoms with Gasteiger partial charge in [0.25, 0.3) is 5.91 Å². The number of primary amides is 1. The van der Waals surface area contributed by atoms with Gasteiger partial charge < -0.3 is 21.7 Å². The van der Waals surface area contributed by atoms with Crippen molar-refractivity contribution in [1.82, 2.24) is 14.9 Å². The van der Waals surface area contributed by atoms with Crippen LogP contribution in [0, 0.1) is 0 Å². The average Bonchev–Trinajstić information content (AvgIpc) is 3.33. The van der Waals surface area contributed by atoms with Gasteiger partial charge >= 0.3 is 6.18 Å². The first-order chi connectivity index (χ1) is 15.1. The zero-order valence-electron chi connectivity index (χ0n) is 17.0. The van der Waals surface area contributed by atoms with Crippen LogP contribution < -0.4 is 21.7 Å². The molecule has 0 spiro atoms. The van der Waals surface area contributed by atoms with Crippen molar-refractivity contribution in [3.8, 4) is 0 Å². The molecular formula is C20H20F3N7O2. The zero-order valence-corrected chi connectivity index (χ0v) is 17.0. The number of alkyl halides is 3. The minimum atomic E-state index is -4.70. The molecule has 0 radical (unpaired) electrons. The van der Waals surface area contributed by atoms with Crippen LogP contribution in [0.2, 0.25) is 0 Å². The number of amides is 2. The van der Waals surface area contributed by atoms with Crippen LogP contribution in [0.25, 0.3) is 5.57 Å². The van der Waals surface area contributed by atoms with Crippen LogP contribution >= 0.6 is 0 Å². The number of fused-ring (bicyclic) bond motifs is 1. The molecule has 1 aromatic heterocycles. The van der Waals surface area contributed by atoms with Gasteiger partial charge in [0.1, 0.15) is 17.1 Å². The van der Waals surface area contributed by atoms with E-state index in [1.807, 2.05) is 11.9 Å². The van der Waals surface area contributed by atoms with E-state index in [-0.39, 0.29) is 23.3 Å². The summed E-state index contributed by atoms with van der Waals surface area (Å²) in [4.78, 5) is 33.8. The Kier molecular flexibility index (Phi) is 5.46. The number of aromatic nitrogens is 2. The lowest BCUT2D eigenvalue weighted by Crippen LogP contribution is -2.37. The van der Waals surface area contributed by atoms with Gasteiger partial charge in [0.15, 0.2) is 5.82 Å². The molecular weight excluding hydrogens is 427 g/mol. The van der Waals surface area contributed by atoms with Crippen LogP contribution in [0.15, 0.2) is 36.3 Å². The molecule has 0 unspecified atom stereocenters. The molecule has 2 aliphatic heterocycles. The quantitative estimate of drug-likeness (QED) is 0.530. The number of carbonyl (C=O) groups is 2. The predicted octanol–water partition coefficient (Wildman–Crippen LogP) is 2.22. The first-order valence-electron chi connectivity index (χ1n) is 9.77. The number of hydrogen-bond donors (Lipinski definition) is 4. The largest absolute Gasteiger partial charge is 0.433 e. The first-order valence-corrected chi connectivity index (χ1v) is 9.77. The van der Waals surface area contributed by atoms with E-state index in [2.05, 4.69) is 25.9 Å². The van der Waals surface area contributed by atoms with Crippen molar-refractivity contribution in [3.05, 3.63) is 47.8 Å². The Morgan fingerprint density at radius 3 is 2.62 bits per heavy atom. The summed E-state index contributed by atoms with van der Waals surface area (Å²) in [6, 6.07) is 5.48. The van der Waals surface area contributed by atoms with E-state index in [9.17, 15) is 22.8 Å². The number of nitrogens with one attached hydrogen (secondary N) is 3. The van der Waals surface area contributed by atoms with Gasteiger partial charge in [-0.2, -0.15) is 13.2 Å². The molecule has 1 aromatic carbocycles. The highest BCUT2D eigenvalue weighted by Crippen LogP contribution is 2.36. The van der Waals surface area contributed by atoms with Crippen LogP contribution in [-0.4, -0.2) is 46.3 Å². The van der Waals surface area contributed by atoms with Crippen molar-refractivity contribution in [2.45, 2.75) is 25.1 Å². The van der Waals surface area contributed by atoms with Crippen LogP contribution in [0.5, 0.6) is 0 Å². The van der Waals surface area contributed by atoms with Gasteiger partial charge in [-0.05, 0) is 50.7 Å². The maximum atomic E-state index is 13.0. The molecule has 2 aliphatic rings. The maximum absolute atomic E-state index is 13.0. The maximum Gasteiger partial charge on any atom is 0.433 e. The van der Waals surface area contributed by atoms with E-state index in [0.717, 1.165) is 25.6 Å². The minimum absolute atomic E-state index is 0.0471. The lowest BCUT2D eigenvalue weighted by Gasteiger charge is -2.18. The van der Waals surface area contributed by atoms with Crippen molar-refractivity contribution in [2.75, 3.05) is 29.5 Å². The van der Waals surface area contributed by atoms with Gasteiger partial charge in [-0.1, -0.05) is 0 Å². The molecule has 5 N–H and O–H groups in total. The van der Waals surface area contributed by atoms with Gasteiger partial charge in [0, 0.05) is 11.9 Å². The number of likely N-dealkylation sites (tertiary alicyclic amines) is 1. The summed E-state index contributed by atoms with van der Waals surface area (Å²) in [7, 11) is 1.89. The zero-order chi connectivity index (χ0) is 23.0. The fourth-order valence-electron chi connectivity index (χ4n) is 3.71. The summed E-state index contributed by atoms with van der Waals surface area (Å²) >= 11 is 0. The highest BCUT2D eigenvalue weighted by atomic mass is 19.4. The molecule has 1 fully saturated rings. The third-order valence-corrected chi connectivity index (χ3v) is 5.30. The van der Waals surface area contributed by atoms with E-state index in [1.54, 1.807) is 18.2 Å². The van der Waals surface area contributed by atoms with Crippen molar-refractivity contribution >= 4 is 34.4 Å². The number of carbonyl (C=O) groups excluding carboxylic acids is 2. The lowest BCUT2D eigenvalue weighted by atomic mass is 10.2. The molecule has 1 atom stereocenters. The fourth-order valence-corrected chi connectivity index (χ4v) is 3.71. The summed E-state index contributed by atoms with van der Waals surface area (Å²) < 4.78 is 39.1. The molecule has 1 saturated heterocycles. The second-order valence-electron chi connectivity index (χ2n) is 7.52. The smallest absolute Gasteiger partial charge is 0.365 e. The molecule has 3 heterocycles. The van der Waals surface area contributed by atoms with E-state index < -0.39 is 23.6 Å². The van der Waals surface area contributed by atoms with Gasteiger partial charge in [0.05, 0.1) is 17.4 Å². The number of nitrogens with two attached hydrogens (primary N) is 1. The van der Waals surface area contributed by atoms with Crippen LogP contribution in [0.1, 0.15) is 24.4 Å². The number of rotatable bonds is 4. The van der Waals surface area contributed by atoms with E-state index in [0.29, 0.717) is 23.1 Å². The number of anilines is 3. The van der Waals surface area contributed by atoms with Gasteiger partial charge in [-0.15, -0.1) is 0 Å².